The summed E-state index contributed by atoms with van der Waals surface area (Å²) in [6.07, 6.45) is 2.01. The smallest absolute Gasteiger partial charge is 0.143 e. The third-order valence-electron chi connectivity index (χ3n) is 2.92. The van der Waals surface area contributed by atoms with Crippen molar-refractivity contribution in [3.63, 3.8) is 0 Å². The van der Waals surface area contributed by atoms with Crippen LogP contribution in [0.15, 0.2) is 16.6 Å². The van der Waals surface area contributed by atoms with Crippen molar-refractivity contribution in [1.29, 1.82) is 0 Å². The molecule has 0 aromatic heterocycles. The Balaban J connectivity index is 2.78. The first-order chi connectivity index (χ1) is 8.45. The van der Waals surface area contributed by atoms with Crippen molar-refractivity contribution in [2.45, 2.75) is 39.2 Å². The van der Waals surface area contributed by atoms with E-state index >= 15 is 0 Å². The normalized spacial score (nSPS) is 13.1. The van der Waals surface area contributed by atoms with Gasteiger partial charge in [-0.05, 0) is 53.2 Å². The van der Waals surface area contributed by atoms with Crippen molar-refractivity contribution in [2.75, 3.05) is 0 Å². The van der Waals surface area contributed by atoms with E-state index in [1.807, 2.05) is 0 Å². The van der Waals surface area contributed by atoms with Gasteiger partial charge in [0.05, 0.1) is 4.47 Å². The number of hydrogen-bond donors (Lipinski definition) is 2. The number of benzene rings is 1. The Kier molecular flexibility index (Phi) is 6.18. The highest BCUT2D eigenvalue weighted by Crippen LogP contribution is 2.23. The van der Waals surface area contributed by atoms with E-state index in [0.29, 0.717) is 5.92 Å². The van der Waals surface area contributed by atoms with E-state index in [0.717, 1.165) is 12.8 Å². The van der Waals surface area contributed by atoms with E-state index in [-0.39, 0.29) is 22.5 Å². The van der Waals surface area contributed by atoms with Crippen molar-refractivity contribution < 1.29 is 8.78 Å². The maximum Gasteiger partial charge on any atom is 0.143 e. The molecule has 0 aliphatic carbocycles. The lowest BCUT2D eigenvalue weighted by molar-refractivity contribution is 0.421. The average molecular weight is 321 g/mol. The number of halogens is 3. The minimum absolute atomic E-state index is 0.0797. The second-order valence-corrected chi connectivity index (χ2v) is 5.71. The van der Waals surface area contributed by atoms with E-state index in [9.17, 15) is 8.78 Å². The molecule has 2 nitrogen and oxygen atoms in total. The van der Waals surface area contributed by atoms with Crippen LogP contribution < -0.4 is 11.3 Å². The molecule has 0 spiro atoms. The van der Waals surface area contributed by atoms with Crippen molar-refractivity contribution in [1.82, 2.24) is 5.43 Å². The third-order valence-corrected chi connectivity index (χ3v) is 3.53. The van der Waals surface area contributed by atoms with Crippen LogP contribution in [0.4, 0.5) is 8.78 Å². The standard InChI is InChI=1S/C13H19BrF2N2/c1-8(2)3-4-9(18-17)7-10-12(15)6-5-11(14)13(10)16/h5-6,8-9,18H,3-4,7,17H2,1-2H3. The molecule has 18 heavy (non-hydrogen) atoms. The fourth-order valence-electron chi connectivity index (χ4n) is 1.78. The Morgan fingerprint density at radius 1 is 1.28 bits per heavy atom. The van der Waals surface area contributed by atoms with Crippen LogP contribution in [0.3, 0.4) is 0 Å². The summed E-state index contributed by atoms with van der Waals surface area (Å²) in [6, 6.07) is 2.51. The molecule has 0 aliphatic heterocycles. The van der Waals surface area contributed by atoms with Crippen LogP contribution in [0, 0.1) is 17.6 Å². The predicted molar refractivity (Wildman–Crippen MR) is 72.9 cm³/mol. The number of nitrogens with one attached hydrogen (secondary N) is 1. The highest BCUT2D eigenvalue weighted by atomic mass is 79.9. The van der Waals surface area contributed by atoms with Gasteiger partial charge in [0.2, 0.25) is 0 Å². The molecular weight excluding hydrogens is 302 g/mol. The lowest BCUT2D eigenvalue weighted by Crippen LogP contribution is -2.37. The summed E-state index contributed by atoms with van der Waals surface area (Å²) in [6.45, 7) is 4.21. The monoisotopic (exact) mass is 320 g/mol. The van der Waals surface area contributed by atoms with Crippen molar-refractivity contribution in [2.24, 2.45) is 11.8 Å². The highest BCUT2D eigenvalue weighted by molar-refractivity contribution is 9.10. The fraction of sp³-hybridized carbons (Fsp3) is 0.538. The molecule has 1 rings (SSSR count). The van der Waals surface area contributed by atoms with Gasteiger partial charge >= 0.3 is 0 Å². The molecule has 5 heteroatoms. The van der Waals surface area contributed by atoms with Crippen LogP contribution in [-0.2, 0) is 6.42 Å². The van der Waals surface area contributed by atoms with Gasteiger partial charge in [-0.2, -0.15) is 0 Å². The van der Waals surface area contributed by atoms with Gasteiger partial charge in [-0.3, -0.25) is 11.3 Å². The fourth-order valence-corrected chi connectivity index (χ4v) is 2.15. The molecule has 0 radical (unpaired) electrons. The lowest BCUT2D eigenvalue weighted by atomic mass is 9.98. The van der Waals surface area contributed by atoms with Gasteiger partial charge in [0, 0.05) is 11.6 Å². The number of hydrazine groups is 1. The van der Waals surface area contributed by atoms with E-state index in [1.54, 1.807) is 0 Å². The van der Waals surface area contributed by atoms with Gasteiger partial charge in [-0.1, -0.05) is 13.8 Å². The zero-order chi connectivity index (χ0) is 13.7. The molecule has 0 bridgehead atoms. The molecule has 0 saturated carbocycles. The predicted octanol–water partition coefficient (Wildman–Crippen LogP) is 3.54. The molecule has 102 valence electrons. The molecule has 1 aromatic carbocycles. The number of nitrogens with two attached hydrogens (primary N) is 1. The van der Waals surface area contributed by atoms with E-state index in [1.165, 1.54) is 12.1 Å². The summed E-state index contributed by atoms with van der Waals surface area (Å²) in [7, 11) is 0. The first kappa shape index (κ1) is 15.5. The molecule has 0 saturated heterocycles. The Bertz CT molecular complexity index is 397. The van der Waals surface area contributed by atoms with E-state index < -0.39 is 11.6 Å². The molecule has 0 aliphatic rings. The van der Waals surface area contributed by atoms with Crippen LogP contribution >= 0.6 is 15.9 Å². The quantitative estimate of drug-likeness (QED) is 0.478. The van der Waals surface area contributed by atoms with Gasteiger partial charge in [-0.25, -0.2) is 8.78 Å². The number of hydrogen-bond acceptors (Lipinski definition) is 2. The maximum atomic E-state index is 13.8. The average Bonchev–Trinajstić information content (AvgIpc) is 2.33. The molecule has 3 N–H and O–H groups in total. The van der Waals surface area contributed by atoms with Crippen LogP contribution in [0.1, 0.15) is 32.3 Å². The molecule has 0 heterocycles. The SMILES string of the molecule is CC(C)CCC(Cc1c(F)ccc(Br)c1F)NN. The number of rotatable bonds is 6. The van der Waals surface area contributed by atoms with E-state index in [4.69, 9.17) is 5.84 Å². The maximum absolute atomic E-state index is 13.8. The molecule has 1 atom stereocenters. The lowest BCUT2D eigenvalue weighted by Gasteiger charge is -2.18. The zero-order valence-electron chi connectivity index (χ0n) is 10.6. The van der Waals surface area contributed by atoms with Gasteiger partial charge in [-0.15, -0.1) is 0 Å². The molecule has 1 aromatic rings. The van der Waals surface area contributed by atoms with Crippen molar-refractivity contribution in [3.8, 4) is 0 Å². The molecular formula is C13H19BrF2N2. The largest absolute Gasteiger partial charge is 0.271 e. The Labute approximate surface area is 115 Å². The molecule has 1 unspecified atom stereocenters. The van der Waals surface area contributed by atoms with Crippen molar-refractivity contribution in [3.05, 3.63) is 33.8 Å². The summed E-state index contributed by atoms with van der Waals surface area (Å²) in [5.74, 6) is 4.91. The minimum atomic E-state index is -0.542. The summed E-state index contributed by atoms with van der Waals surface area (Å²) in [4.78, 5) is 0. The van der Waals surface area contributed by atoms with Gasteiger partial charge in [0.1, 0.15) is 11.6 Å². The topological polar surface area (TPSA) is 38.0 Å². The summed E-state index contributed by atoms with van der Waals surface area (Å²) < 4.78 is 27.7. The first-order valence-corrected chi connectivity index (χ1v) is 6.83. The van der Waals surface area contributed by atoms with Crippen LogP contribution in [0.25, 0.3) is 0 Å². The molecule has 0 fully saturated rings. The summed E-state index contributed by atoms with van der Waals surface area (Å²) >= 11 is 3.06. The highest BCUT2D eigenvalue weighted by Gasteiger charge is 2.17. The second kappa shape index (κ2) is 7.16. The second-order valence-electron chi connectivity index (χ2n) is 4.86. The van der Waals surface area contributed by atoms with Crippen LogP contribution in [0.2, 0.25) is 0 Å². The minimum Gasteiger partial charge on any atom is -0.271 e. The van der Waals surface area contributed by atoms with Gasteiger partial charge in [0.15, 0.2) is 0 Å². The van der Waals surface area contributed by atoms with Gasteiger partial charge in [0.25, 0.3) is 0 Å². The first-order valence-electron chi connectivity index (χ1n) is 6.04. The van der Waals surface area contributed by atoms with Gasteiger partial charge < -0.3 is 0 Å². The summed E-state index contributed by atoms with van der Waals surface area (Å²) in [5, 5.41) is 0. The third kappa shape index (κ3) is 4.30. The van der Waals surface area contributed by atoms with Crippen LogP contribution in [0.5, 0.6) is 0 Å². The van der Waals surface area contributed by atoms with E-state index in [2.05, 4.69) is 35.2 Å². The van der Waals surface area contributed by atoms with Crippen LogP contribution in [-0.4, -0.2) is 6.04 Å². The van der Waals surface area contributed by atoms with Crippen molar-refractivity contribution >= 4 is 15.9 Å². The Morgan fingerprint density at radius 2 is 1.94 bits per heavy atom. The zero-order valence-corrected chi connectivity index (χ0v) is 12.2. The Hall–Kier alpha value is -0.520. The summed E-state index contributed by atoms with van der Waals surface area (Å²) in [5.41, 5.74) is 2.71. The molecule has 0 amide bonds. The Morgan fingerprint density at radius 3 is 2.50 bits per heavy atom.